The normalized spacial score (nSPS) is 30.3. The van der Waals surface area contributed by atoms with Gasteiger partial charge in [-0.1, -0.05) is 36.2 Å². The zero-order valence-corrected chi connectivity index (χ0v) is 14.2. The van der Waals surface area contributed by atoms with Gasteiger partial charge in [0.15, 0.2) is 0 Å². The molecule has 2 saturated carbocycles. The first kappa shape index (κ1) is 17.6. The maximum Gasteiger partial charge on any atom is 0.223 e. The lowest BCUT2D eigenvalue weighted by molar-refractivity contribution is -0.128. The van der Waals surface area contributed by atoms with E-state index in [2.05, 4.69) is 5.32 Å². The molecule has 2 atom stereocenters. The fourth-order valence-corrected chi connectivity index (χ4v) is 4.17. The van der Waals surface area contributed by atoms with Crippen molar-refractivity contribution in [1.29, 1.82) is 0 Å². The number of hydrogen-bond acceptors (Lipinski definition) is 2. The lowest BCUT2D eigenvalue weighted by Crippen LogP contribution is -2.49. The number of nitrogens with two attached hydrogens (primary N) is 1. The molecule has 5 heteroatoms. The zero-order chi connectivity index (χ0) is 14.8. The van der Waals surface area contributed by atoms with Gasteiger partial charge in [0.1, 0.15) is 0 Å². The molecule has 1 aromatic rings. The van der Waals surface area contributed by atoms with Crippen LogP contribution in [0.15, 0.2) is 24.3 Å². The maximum atomic E-state index is 12.4. The lowest BCUT2D eigenvalue weighted by Gasteiger charge is -2.43. The molecule has 0 spiro atoms. The van der Waals surface area contributed by atoms with E-state index in [0.29, 0.717) is 29.4 Å². The van der Waals surface area contributed by atoms with Gasteiger partial charge in [0.25, 0.3) is 0 Å². The monoisotopic (exact) mass is 342 g/mol. The minimum Gasteiger partial charge on any atom is -0.352 e. The number of hydrogen-bond donors (Lipinski definition) is 2. The van der Waals surface area contributed by atoms with E-state index in [-0.39, 0.29) is 24.2 Å². The molecule has 1 aromatic carbocycles. The summed E-state index contributed by atoms with van der Waals surface area (Å²) in [4.78, 5) is 12.4. The summed E-state index contributed by atoms with van der Waals surface area (Å²) >= 11 is 6.12. The van der Waals surface area contributed by atoms with Crippen molar-refractivity contribution in [3.63, 3.8) is 0 Å². The van der Waals surface area contributed by atoms with Crippen LogP contribution in [-0.2, 0) is 11.3 Å². The Bertz CT molecular complexity index is 509. The number of carbonyl (C=O) groups excluding carboxylic acids is 1. The van der Waals surface area contributed by atoms with Crippen molar-refractivity contribution < 1.29 is 4.79 Å². The maximum absolute atomic E-state index is 12.4. The van der Waals surface area contributed by atoms with E-state index < -0.39 is 0 Å². The van der Waals surface area contributed by atoms with Gasteiger partial charge in [-0.15, -0.1) is 12.4 Å². The van der Waals surface area contributed by atoms with Crippen LogP contribution in [0.2, 0.25) is 5.02 Å². The van der Waals surface area contributed by atoms with E-state index in [1.807, 2.05) is 24.3 Å². The summed E-state index contributed by atoms with van der Waals surface area (Å²) in [5.74, 6) is 1.36. The van der Waals surface area contributed by atoms with E-state index in [1.165, 1.54) is 19.3 Å². The van der Waals surface area contributed by atoms with Crippen LogP contribution in [-0.4, -0.2) is 11.9 Å². The van der Waals surface area contributed by atoms with Gasteiger partial charge < -0.3 is 11.1 Å². The first-order valence-electron chi connectivity index (χ1n) is 7.92. The Morgan fingerprint density at radius 2 is 1.86 bits per heavy atom. The Morgan fingerprint density at radius 3 is 2.50 bits per heavy atom. The van der Waals surface area contributed by atoms with Crippen molar-refractivity contribution >= 4 is 29.9 Å². The second-order valence-corrected chi connectivity index (χ2v) is 6.91. The number of halogens is 2. The Hall–Kier alpha value is -0.770. The number of fused-ring (bicyclic) bond motifs is 2. The highest BCUT2D eigenvalue weighted by Crippen LogP contribution is 2.41. The van der Waals surface area contributed by atoms with Crippen molar-refractivity contribution in [2.45, 2.75) is 44.7 Å². The quantitative estimate of drug-likeness (QED) is 0.882. The third-order valence-electron chi connectivity index (χ3n) is 5.19. The standard InChI is InChI=1S/C17H23ClN2O.ClH/c18-15-7-2-1-4-13(15)10-20-17(21)14-8-11-5-3-6-12(9-14)16(11)19;/h1-2,4,7,11-12,14,16H,3,5-6,8-10,19H2,(H,20,21);1H. The largest absolute Gasteiger partial charge is 0.352 e. The molecule has 1 amide bonds. The van der Waals surface area contributed by atoms with E-state index in [0.717, 1.165) is 18.4 Å². The zero-order valence-electron chi connectivity index (χ0n) is 12.6. The Labute approximate surface area is 143 Å². The second-order valence-electron chi connectivity index (χ2n) is 6.51. The molecule has 0 aliphatic heterocycles. The number of benzene rings is 1. The van der Waals surface area contributed by atoms with Crippen molar-refractivity contribution in [3.05, 3.63) is 34.9 Å². The Balaban J connectivity index is 0.00000176. The molecule has 2 unspecified atom stereocenters. The smallest absolute Gasteiger partial charge is 0.223 e. The molecular formula is C17H24Cl2N2O. The lowest BCUT2D eigenvalue weighted by atomic mass is 9.65. The number of amides is 1. The van der Waals surface area contributed by atoms with E-state index in [9.17, 15) is 4.79 Å². The highest BCUT2D eigenvalue weighted by atomic mass is 35.5. The van der Waals surface area contributed by atoms with Gasteiger partial charge in [-0.2, -0.15) is 0 Å². The van der Waals surface area contributed by atoms with E-state index in [1.54, 1.807) is 0 Å². The SMILES string of the molecule is Cl.NC1C2CCCC1CC(C(=O)NCc1ccccc1Cl)C2. The third kappa shape index (κ3) is 3.76. The second kappa shape index (κ2) is 7.67. The number of rotatable bonds is 3. The van der Waals surface area contributed by atoms with Crippen molar-refractivity contribution in [2.75, 3.05) is 0 Å². The molecule has 0 saturated heterocycles. The highest BCUT2D eigenvalue weighted by molar-refractivity contribution is 6.31. The summed E-state index contributed by atoms with van der Waals surface area (Å²) in [7, 11) is 0. The van der Waals surface area contributed by atoms with Gasteiger partial charge >= 0.3 is 0 Å². The third-order valence-corrected chi connectivity index (χ3v) is 5.56. The van der Waals surface area contributed by atoms with Crippen LogP contribution in [0.4, 0.5) is 0 Å². The van der Waals surface area contributed by atoms with Crippen LogP contribution in [0.25, 0.3) is 0 Å². The van der Waals surface area contributed by atoms with Crippen molar-refractivity contribution in [2.24, 2.45) is 23.5 Å². The Morgan fingerprint density at radius 1 is 1.23 bits per heavy atom. The number of nitrogens with one attached hydrogen (secondary N) is 1. The summed E-state index contributed by atoms with van der Waals surface area (Å²) < 4.78 is 0. The Kier molecular flexibility index (Phi) is 6.13. The first-order valence-corrected chi connectivity index (χ1v) is 8.29. The topological polar surface area (TPSA) is 55.1 Å². The molecular weight excluding hydrogens is 319 g/mol. The summed E-state index contributed by atoms with van der Waals surface area (Å²) in [6.45, 7) is 0.510. The fourth-order valence-electron chi connectivity index (χ4n) is 3.97. The summed E-state index contributed by atoms with van der Waals surface area (Å²) in [5, 5.41) is 3.76. The van der Waals surface area contributed by atoms with Crippen molar-refractivity contribution in [1.82, 2.24) is 5.32 Å². The number of carbonyl (C=O) groups is 1. The first-order chi connectivity index (χ1) is 10.1. The molecule has 0 aromatic heterocycles. The summed E-state index contributed by atoms with van der Waals surface area (Å²) in [6.07, 6.45) is 5.55. The molecule has 2 aliphatic rings. The molecule has 0 radical (unpaired) electrons. The average molecular weight is 343 g/mol. The molecule has 122 valence electrons. The van der Waals surface area contributed by atoms with E-state index >= 15 is 0 Å². The molecule has 3 nitrogen and oxygen atoms in total. The molecule has 2 bridgehead atoms. The van der Waals surface area contributed by atoms with Crippen LogP contribution in [0.5, 0.6) is 0 Å². The molecule has 0 heterocycles. The van der Waals surface area contributed by atoms with Crippen LogP contribution >= 0.6 is 24.0 Å². The predicted octanol–water partition coefficient (Wildman–Crippen LogP) is 3.53. The summed E-state index contributed by atoms with van der Waals surface area (Å²) in [6, 6.07) is 7.96. The molecule has 2 aliphatic carbocycles. The fraction of sp³-hybridized carbons (Fsp3) is 0.588. The van der Waals surface area contributed by atoms with Crippen LogP contribution < -0.4 is 11.1 Å². The summed E-state index contributed by atoms with van der Waals surface area (Å²) in [5.41, 5.74) is 7.25. The van der Waals surface area contributed by atoms with Gasteiger partial charge in [-0.3, -0.25) is 4.79 Å². The van der Waals surface area contributed by atoms with Crippen LogP contribution in [0.1, 0.15) is 37.7 Å². The minimum absolute atomic E-state index is 0. The van der Waals surface area contributed by atoms with Crippen LogP contribution in [0, 0.1) is 17.8 Å². The average Bonchev–Trinajstić information content (AvgIpc) is 2.46. The highest BCUT2D eigenvalue weighted by Gasteiger charge is 2.40. The van der Waals surface area contributed by atoms with Gasteiger partial charge in [0.05, 0.1) is 0 Å². The molecule has 22 heavy (non-hydrogen) atoms. The van der Waals surface area contributed by atoms with Gasteiger partial charge in [-0.25, -0.2) is 0 Å². The minimum atomic E-state index is 0. The van der Waals surface area contributed by atoms with Gasteiger partial charge in [0.2, 0.25) is 5.91 Å². The van der Waals surface area contributed by atoms with Crippen LogP contribution in [0.3, 0.4) is 0 Å². The van der Waals surface area contributed by atoms with Gasteiger partial charge in [-0.05, 0) is 49.1 Å². The van der Waals surface area contributed by atoms with E-state index in [4.69, 9.17) is 17.3 Å². The van der Waals surface area contributed by atoms with Crippen molar-refractivity contribution in [3.8, 4) is 0 Å². The molecule has 2 fully saturated rings. The van der Waals surface area contributed by atoms with Gasteiger partial charge in [0, 0.05) is 23.5 Å². The predicted molar refractivity (Wildman–Crippen MR) is 92.1 cm³/mol. The molecule has 3 rings (SSSR count). The molecule has 3 N–H and O–H groups in total.